The maximum Gasteiger partial charge on any atom is 0.222 e. The average Bonchev–Trinajstić information content (AvgIpc) is 2.52. The number of halogens is 1. The summed E-state index contributed by atoms with van der Waals surface area (Å²) < 4.78 is 0. The first-order valence-corrected chi connectivity index (χ1v) is 8.23. The summed E-state index contributed by atoms with van der Waals surface area (Å²) in [6.07, 6.45) is 3.78. The van der Waals surface area contributed by atoms with Crippen molar-refractivity contribution in [3.05, 3.63) is 35.4 Å². The average molecular weight is 325 g/mol. The van der Waals surface area contributed by atoms with E-state index in [1.807, 2.05) is 0 Å². The summed E-state index contributed by atoms with van der Waals surface area (Å²) >= 11 is 0. The summed E-state index contributed by atoms with van der Waals surface area (Å²) in [5.74, 6) is 1.06. The van der Waals surface area contributed by atoms with Gasteiger partial charge in [-0.3, -0.25) is 4.79 Å². The fourth-order valence-electron chi connectivity index (χ4n) is 2.90. The molecule has 4 heteroatoms. The number of benzene rings is 1. The molecule has 0 atom stereocenters. The number of likely N-dealkylation sites (tertiary alicyclic amines) is 1. The molecule has 0 spiro atoms. The second-order valence-electron chi connectivity index (χ2n) is 6.12. The van der Waals surface area contributed by atoms with Gasteiger partial charge in [0.1, 0.15) is 0 Å². The molecule has 1 fully saturated rings. The molecule has 0 saturated carbocycles. The van der Waals surface area contributed by atoms with E-state index in [1.165, 1.54) is 11.1 Å². The molecule has 124 valence electrons. The number of carbonyl (C=O) groups is 1. The van der Waals surface area contributed by atoms with Crippen molar-refractivity contribution in [2.75, 3.05) is 26.2 Å². The van der Waals surface area contributed by atoms with Gasteiger partial charge in [0, 0.05) is 19.5 Å². The zero-order chi connectivity index (χ0) is 15.1. The molecule has 0 unspecified atom stereocenters. The third-order valence-electron chi connectivity index (χ3n) is 4.40. The lowest BCUT2D eigenvalue weighted by Crippen LogP contribution is -2.40. The van der Waals surface area contributed by atoms with Gasteiger partial charge in [-0.15, -0.1) is 12.4 Å². The van der Waals surface area contributed by atoms with Crippen LogP contribution in [0.4, 0.5) is 0 Å². The SMILES string of the molecule is CCNCC1CCN(C(=O)CCc2ccc(C)cc2)CC1.Cl. The number of carbonyl (C=O) groups excluding carboxylic acids is 1. The van der Waals surface area contributed by atoms with Crippen LogP contribution < -0.4 is 5.32 Å². The molecule has 1 aromatic rings. The van der Waals surface area contributed by atoms with Crippen LogP contribution in [0, 0.1) is 12.8 Å². The number of hydrogen-bond donors (Lipinski definition) is 1. The molecule has 0 aliphatic carbocycles. The van der Waals surface area contributed by atoms with E-state index in [-0.39, 0.29) is 12.4 Å². The van der Waals surface area contributed by atoms with E-state index >= 15 is 0 Å². The van der Waals surface area contributed by atoms with Crippen molar-refractivity contribution in [2.45, 2.75) is 39.5 Å². The Bertz CT molecular complexity index is 439. The highest BCUT2D eigenvalue weighted by Gasteiger charge is 2.21. The molecule has 3 nitrogen and oxygen atoms in total. The van der Waals surface area contributed by atoms with E-state index in [4.69, 9.17) is 0 Å². The van der Waals surface area contributed by atoms with Crippen molar-refractivity contribution in [2.24, 2.45) is 5.92 Å². The first-order chi connectivity index (χ1) is 10.2. The number of hydrogen-bond acceptors (Lipinski definition) is 2. The molecule has 0 radical (unpaired) electrons. The zero-order valence-corrected chi connectivity index (χ0v) is 14.6. The summed E-state index contributed by atoms with van der Waals surface area (Å²) in [4.78, 5) is 14.3. The Hall–Kier alpha value is -1.06. The Balaban J connectivity index is 0.00000242. The Kier molecular flexibility index (Phi) is 8.51. The Morgan fingerprint density at radius 3 is 2.45 bits per heavy atom. The van der Waals surface area contributed by atoms with Crippen molar-refractivity contribution < 1.29 is 4.79 Å². The molecule has 1 heterocycles. The molecule has 22 heavy (non-hydrogen) atoms. The molecule has 2 rings (SSSR count). The van der Waals surface area contributed by atoms with Crippen LogP contribution in [-0.2, 0) is 11.2 Å². The summed E-state index contributed by atoms with van der Waals surface area (Å²) in [6.45, 7) is 8.24. The van der Waals surface area contributed by atoms with Gasteiger partial charge < -0.3 is 10.2 Å². The summed E-state index contributed by atoms with van der Waals surface area (Å²) in [6, 6.07) is 8.49. The minimum absolute atomic E-state index is 0. The van der Waals surface area contributed by atoms with Crippen LogP contribution >= 0.6 is 12.4 Å². The van der Waals surface area contributed by atoms with E-state index in [9.17, 15) is 4.79 Å². The van der Waals surface area contributed by atoms with Crippen LogP contribution in [0.3, 0.4) is 0 Å². The molecule has 1 aliphatic heterocycles. The van der Waals surface area contributed by atoms with Gasteiger partial charge in [-0.05, 0) is 50.8 Å². The lowest BCUT2D eigenvalue weighted by Gasteiger charge is -2.32. The summed E-state index contributed by atoms with van der Waals surface area (Å²) in [5, 5.41) is 3.41. The van der Waals surface area contributed by atoms with E-state index in [2.05, 4.69) is 48.3 Å². The van der Waals surface area contributed by atoms with Gasteiger partial charge in [0.05, 0.1) is 0 Å². The molecule has 1 aromatic carbocycles. The maximum atomic E-state index is 12.3. The summed E-state index contributed by atoms with van der Waals surface area (Å²) in [5.41, 5.74) is 2.53. The van der Waals surface area contributed by atoms with Gasteiger partial charge >= 0.3 is 0 Å². The molecule has 1 aliphatic rings. The number of nitrogens with one attached hydrogen (secondary N) is 1. The first-order valence-electron chi connectivity index (χ1n) is 8.23. The standard InChI is InChI=1S/C18H28N2O.ClH/c1-3-19-14-17-10-12-20(13-11-17)18(21)9-8-16-6-4-15(2)5-7-16;/h4-7,17,19H,3,8-14H2,1-2H3;1H. The van der Waals surface area contributed by atoms with E-state index in [0.717, 1.165) is 51.4 Å². The van der Waals surface area contributed by atoms with Gasteiger partial charge in [0.2, 0.25) is 5.91 Å². The first kappa shape index (κ1) is 19.0. The fourth-order valence-corrected chi connectivity index (χ4v) is 2.90. The summed E-state index contributed by atoms with van der Waals surface area (Å²) in [7, 11) is 0. The number of piperidine rings is 1. The topological polar surface area (TPSA) is 32.3 Å². The molecule has 1 N–H and O–H groups in total. The Labute approximate surface area is 140 Å². The lowest BCUT2D eigenvalue weighted by molar-refractivity contribution is -0.132. The van der Waals surface area contributed by atoms with Crippen LogP contribution in [0.2, 0.25) is 0 Å². The monoisotopic (exact) mass is 324 g/mol. The smallest absolute Gasteiger partial charge is 0.222 e. The van der Waals surface area contributed by atoms with Gasteiger partial charge in [-0.25, -0.2) is 0 Å². The van der Waals surface area contributed by atoms with Crippen LogP contribution in [0.1, 0.15) is 37.3 Å². The Morgan fingerprint density at radius 1 is 1.23 bits per heavy atom. The van der Waals surface area contributed by atoms with E-state index in [0.29, 0.717) is 12.3 Å². The number of nitrogens with zero attached hydrogens (tertiary/aromatic N) is 1. The molecule has 0 aromatic heterocycles. The molecular formula is C18H29ClN2O. The van der Waals surface area contributed by atoms with E-state index in [1.54, 1.807) is 0 Å². The van der Waals surface area contributed by atoms with Crippen LogP contribution in [0.25, 0.3) is 0 Å². The highest BCUT2D eigenvalue weighted by molar-refractivity contribution is 5.85. The third-order valence-corrected chi connectivity index (χ3v) is 4.40. The lowest BCUT2D eigenvalue weighted by atomic mass is 9.96. The third kappa shape index (κ3) is 5.98. The largest absolute Gasteiger partial charge is 0.343 e. The quantitative estimate of drug-likeness (QED) is 0.871. The van der Waals surface area contributed by atoms with Gasteiger partial charge in [0.25, 0.3) is 0 Å². The highest BCUT2D eigenvalue weighted by Crippen LogP contribution is 2.17. The molecular weight excluding hydrogens is 296 g/mol. The maximum absolute atomic E-state index is 12.3. The minimum Gasteiger partial charge on any atom is -0.343 e. The normalized spacial score (nSPS) is 15.5. The van der Waals surface area contributed by atoms with Crippen molar-refractivity contribution in [3.8, 4) is 0 Å². The van der Waals surface area contributed by atoms with Crippen molar-refractivity contribution in [1.82, 2.24) is 10.2 Å². The number of rotatable bonds is 6. The Morgan fingerprint density at radius 2 is 1.86 bits per heavy atom. The van der Waals surface area contributed by atoms with Crippen molar-refractivity contribution in [1.29, 1.82) is 0 Å². The fraction of sp³-hybridized carbons (Fsp3) is 0.611. The van der Waals surface area contributed by atoms with Gasteiger partial charge in [-0.2, -0.15) is 0 Å². The van der Waals surface area contributed by atoms with Gasteiger partial charge in [0.15, 0.2) is 0 Å². The predicted octanol–water partition coefficient (Wildman–Crippen LogP) is 3.20. The molecule has 1 saturated heterocycles. The van der Waals surface area contributed by atoms with Crippen LogP contribution in [0.5, 0.6) is 0 Å². The van der Waals surface area contributed by atoms with Crippen LogP contribution in [0.15, 0.2) is 24.3 Å². The molecule has 1 amide bonds. The second-order valence-corrected chi connectivity index (χ2v) is 6.12. The second kappa shape index (κ2) is 9.86. The zero-order valence-electron chi connectivity index (χ0n) is 13.8. The molecule has 0 bridgehead atoms. The van der Waals surface area contributed by atoms with E-state index < -0.39 is 0 Å². The number of aryl methyl sites for hydroxylation is 2. The van der Waals surface area contributed by atoms with Crippen molar-refractivity contribution >= 4 is 18.3 Å². The van der Waals surface area contributed by atoms with Crippen LogP contribution in [-0.4, -0.2) is 37.0 Å². The highest BCUT2D eigenvalue weighted by atomic mass is 35.5. The van der Waals surface area contributed by atoms with Gasteiger partial charge in [-0.1, -0.05) is 36.8 Å². The number of amides is 1. The predicted molar refractivity (Wildman–Crippen MR) is 94.6 cm³/mol. The van der Waals surface area contributed by atoms with Crippen molar-refractivity contribution in [3.63, 3.8) is 0 Å². The minimum atomic E-state index is 0.